The van der Waals surface area contributed by atoms with E-state index in [1.807, 2.05) is 13.8 Å². The second-order valence-corrected chi connectivity index (χ2v) is 6.09. The van der Waals surface area contributed by atoms with Gasteiger partial charge in [-0.3, -0.25) is 0 Å². The Morgan fingerprint density at radius 1 is 1.32 bits per heavy atom. The number of nitrogens with one attached hydrogen (secondary N) is 2. The normalized spacial score (nSPS) is 17.2. The summed E-state index contributed by atoms with van der Waals surface area (Å²) in [5, 5.41) is 23.2. The summed E-state index contributed by atoms with van der Waals surface area (Å²) in [7, 11) is 0. The van der Waals surface area contributed by atoms with Crippen molar-refractivity contribution in [3.63, 3.8) is 0 Å². The van der Waals surface area contributed by atoms with E-state index in [1.54, 1.807) is 0 Å². The monoisotopic (exact) mass is 309 g/mol. The maximum atomic E-state index is 11.8. The number of hydrogen-bond acceptors (Lipinski definition) is 4. The predicted molar refractivity (Wildman–Crippen MR) is 83.5 cm³/mol. The molecule has 3 N–H and O–H groups in total. The molecule has 1 aromatic rings. The minimum atomic E-state index is -0.205. The molecule has 7 heteroatoms. The molecule has 0 aromatic carbocycles. The number of aromatic nitrogens is 3. The zero-order valence-corrected chi connectivity index (χ0v) is 13.5. The van der Waals surface area contributed by atoms with Crippen LogP contribution in [-0.4, -0.2) is 45.1 Å². The summed E-state index contributed by atoms with van der Waals surface area (Å²) in [5.74, 6) is 2.06. The molecule has 2 rings (SSSR count). The van der Waals surface area contributed by atoms with Crippen molar-refractivity contribution in [2.24, 2.45) is 5.92 Å². The number of carbonyl (C=O) groups excluding carboxylic acids is 1. The highest BCUT2D eigenvalue weighted by atomic mass is 16.3. The number of aliphatic hydroxyl groups is 1. The van der Waals surface area contributed by atoms with Gasteiger partial charge in [0.25, 0.3) is 0 Å². The quantitative estimate of drug-likeness (QED) is 0.727. The lowest BCUT2D eigenvalue weighted by atomic mass is 10.1. The first-order chi connectivity index (χ1) is 10.6. The molecule has 0 aliphatic carbocycles. The van der Waals surface area contributed by atoms with Gasteiger partial charge in [-0.05, 0) is 25.7 Å². The minimum Gasteiger partial charge on any atom is -0.396 e. The summed E-state index contributed by atoms with van der Waals surface area (Å²) in [4.78, 5) is 11.8. The fourth-order valence-electron chi connectivity index (χ4n) is 2.58. The van der Waals surface area contributed by atoms with Crippen molar-refractivity contribution < 1.29 is 9.90 Å². The van der Waals surface area contributed by atoms with Gasteiger partial charge in [0.05, 0.1) is 0 Å². The molecule has 2 atom stereocenters. The van der Waals surface area contributed by atoms with Gasteiger partial charge in [-0.15, -0.1) is 10.2 Å². The fourth-order valence-corrected chi connectivity index (χ4v) is 2.58. The van der Waals surface area contributed by atoms with E-state index in [-0.39, 0.29) is 24.6 Å². The second-order valence-electron chi connectivity index (χ2n) is 6.09. The molecule has 1 aromatic heterocycles. The molecule has 2 unspecified atom stereocenters. The number of hydrogen-bond donors (Lipinski definition) is 3. The zero-order chi connectivity index (χ0) is 15.9. The number of carbonyl (C=O) groups is 1. The number of aryl methyl sites for hydroxylation is 1. The van der Waals surface area contributed by atoms with Crippen molar-refractivity contribution in [1.29, 1.82) is 0 Å². The average Bonchev–Trinajstić information content (AvgIpc) is 2.73. The Labute approximate surface area is 131 Å². The van der Waals surface area contributed by atoms with E-state index in [4.69, 9.17) is 5.11 Å². The van der Waals surface area contributed by atoms with Gasteiger partial charge in [0.2, 0.25) is 0 Å². The Morgan fingerprint density at radius 2 is 2.14 bits per heavy atom. The van der Waals surface area contributed by atoms with Crippen molar-refractivity contribution in [2.45, 2.75) is 58.5 Å². The molecular formula is C15H27N5O2. The molecule has 0 fully saturated rings. The van der Waals surface area contributed by atoms with E-state index in [2.05, 4.69) is 25.4 Å². The fraction of sp³-hybridized carbons (Fsp3) is 0.800. The number of fused-ring (bicyclic) bond motifs is 1. The Bertz CT molecular complexity index is 488. The Balaban J connectivity index is 1.77. The van der Waals surface area contributed by atoms with E-state index in [0.717, 1.165) is 24.6 Å². The molecule has 0 radical (unpaired) electrons. The summed E-state index contributed by atoms with van der Waals surface area (Å²) in [5.41, 5.74) is 0. The molecular weight excluding hydrogens is 282 g/mol. The highest BCUT2D eigenvalue weighted by Gasteiger charge is 2.16. The maximum absolute atomic E-state index is 11.8. The Hall–Kier alpha value is -1.63. The van der Waals surface area contributed by atoms with Crippen molar-refractivity contribution in [3.05, 3.63) is 11.6 Å². The summed E-state index contributed by atoms with van der Waals surface area (Å²) in [6, 6.07) is -0.266. The van der Waals surface area contributed by atoms with Crippen molar-refractivity contribution >= 4 is 6.03 Å². The third-order valence-electron chi connectivity index (χ3n) is 4.32. The summed E-state index contributed by atoms with van der Waals surface area (Å²) >= 11 is 0. The van der Waals surface area contributed by atoms with Crippen molar-refractivity contribution in [2.75, 3.05) is 13.2 Å². The first-order valence-electron chi connectivity index (χ1n) is 8.18. The third kappa shape index (κ3) is 4.43. The highest BCUT2D eigenvalue weighted by Crippen LogP contribution is 2.14. The first kappa shape index (κ1) is 16.7. The second kappa shape index (κ2) is 8.12. The maximum Gasteiger partial charge on any atom is 0.315 e. The number of amides is 2. The van der Waals surface area contributed by atoms with Gasteiger partial charge < -0.3 is 20.3 Å². The Morgan fingerprint density at radius 3 is 2.91 bits per heavy atom. The van der Waals surface area contributed by atoms with Gasteiger partial charge in [-0.2, -0.15) is 0 Å². The zero-order valence-electron chi connectivity index (χ0n) is 13.5. The van der Waals surface area contributed by atoms with Gasteiger partial charge in [-0.1, -0.05) is 13.3 Å². The van der Waals surface area contributed by atoms with Gasteiger partial charge in [-0.25, -0.2) is 4.79 Å². The van der Waals surface area contributed by atoms with Crippen LogP contribution in [-0.2, 0) is 19.4 Å². The SMILES string of the molecule is CC(CO)C(C)NC(=O)NCCc1nnc2n1CCCCC2. The summed E-state index contributed by atoms with van der Waals surface area (Å²) < 4.78 is 2.20. The molecule has 124 valence electrons. The minimum absolute atomic E-state index is 0.0398. The lowest BCUT2D eigenvalue weighted by molar-refractivity contribution is 0.200. The number of rotatable bonds is 6. The largest absolute Gasteiger partial charge is 0.396 e. The van der Waals surface area contributed by atoms with Crippen LogP contribution in [0.1, 0.15) is 44.8 Å². The summed E-state index contributed by atoms with van der Waals surface area (Å²) in [6.07, 6.45) is 5.27. The first-order valence-corrected chi connectivity index (χ1v) is 8.18. The highest BCUT2D eigenvalue weighted by molar-refractivity contribution is 5.74. The molecule has 0 spiro atoms. The van der Waals surface area contributed by atoms with Gasteiger partial charge in [0.1, 0.15) is 11.6 Å². The van der Waals surface area contributed by atoms with Crippen LogP contribution in [0.5, 0.6) is 0 Å². The van der Waals surface area contributed by atoms with Crippen LogP contribution < -0.4 is 10.6 Å². The lowest BCUT2D eigenvalue weighted by Gasteiger charge is -2.19. The van der Waals surface area contributed by atoms with Crippen LogP contribution in [0.25, 0.3) is 0 Å². The van der Waals surface area contributed by atoms with E-state index in [0.29, 0.717) is 13.0 Å². The van der Waals surface area contributed by atoms with Crippen molar-refractivity contribution in [1.82, 2.24) is 25.4 Å². The van der Waals surface area contributed by atoms with Crippen LogP contribution >= 0.6 is 0 Å². The summed E-state index contributed by atoms with van der Waals surface area (Å²) in [6.45, 7) is 5.36. The van der Waals surface area contributed by atoms with Crippen LogP contribution in [0.2, 0.25) is 0 Å². The van der Waals surface area contributed by atoms with Gasteiger partial charge in [0, 0.05) is 38.6 Å². The standard InChI is InChI=1S/C15H27N5O2/c1-11(10-21)12(2)17-15(22)16-8-7-14-19-18-13-6-4-3-5-9-20(13)14/h11-12,21H,3-10H2,1-2H3,(H2,16,17,22). The van der Waals surface area contributed by atoms with Crippen LogP contribution in [0.3, 0.4) is 0 Å². The van der Waals surface area contributed by atoms with Gasteiger partial charge in [0.15, 0.2) is 0 Å². The van der Waals surface area contributed by atoms with E-state index in [1.165, 1.54) is 19.3 Å². The molecule has 2 amide bonds. The van der Waals surface area contributed by atoms with Crippen LogP contribution in [0, 0.1) is 5.92 Å². The molecule has 1 aliphatic heterocycles. The van der Waals surface area contributed by atoms with Gasteiger partial charge >= 0.3 is 6.03 Å². The molecule has 2 heterocycles. The van der Waals surface area contributed by atoms with Crippen LogP contribution in [0.15, 0.2) is 0 Å². The smallest absolute Gasteiger partial charge is 0.315 e. The molecule has 0 bridgehead atoms. The Kier molecular flexibility index (Phi) is 6.18. The van der Waals surface area contributed by atoms with E-state index in [9.17, 15) is 4.79 Å². The molecule has 22 heavy (non-hydrogen) atoms. The molecule has 0 saturated carbocycles. The molecule has 7 nitrogen and oxygen atoms in total. The predicted octanol–water partition coefficient (Wildman–Crippen LogP) is 0.863. The number of aliphatic hydroxyl groups excluding tert-OH is 1. The lowest BCUT2D eigenvalue weighted by Crippen LogP contribution is -2.44. The average molecular weight is 309 g/mol. The topological polar surface area (TPSA) is 92.1 Å². The molecule has 0 saturated heterocycles. The number of nitrogens with zero attached hydrogens (tertiary/aromatic N) is 3. The number of urea groups is 1. The molecule has 1 aliphatic rings. The third-order valence-corrected chi connectivity index (χ3v) is 4.32. The van der Waals surface area contributed by atoms with E-state index < -0.39 is 0 Å². The van der Waals surface area contributed by atoms with E-state index >= 15 is 0 Å². The van der Waals surface area contributed by atoms with Crippen molar-refractivity contribution in [3.8, 4) is 0 Å². The van der Waals surface area contributed by atoms with Crippen LogP contribution in [0.4, 0.5) is 4.79 Å².